The topological polar surface area (TPSA) is 80.8 Å². The van der Waals surface area contributed by atoms with Gasteiger partial charge in [-0.15, -0.1) is 11.3 Å². The summed E-state index contributed by atoms with van der Waals surface area (Å²) in [6.07, 6.45) is 0.102. The van der Waals surface area contributed by atoms with Gasteiger partial charge in [0.2, 0.25) is 11.8 Å². The highest BCUT2D eigenvalue weighted by atomic mass is 35.5. The summed E-state index contributed by atoms with van der Waals surface area (Å²) in [5.74, 6) is 0.738. The second-order valence-electron chi connectivity index (χ2n) is 6.70. The summed E-state index contributed by atoms with van der Waals surface area (Å²) in [5, 5.41) is 5.86. The first-order valence-corrected chi connectivity index (χ1v) is 10.6. The summed E-state index contributed by atoms with van der Waals surface area (Å²) in [4.78, 5) is 30.7. The molecule has 31 heavy (non-hydrogen) atoms. The normalized spacial score (nSPS) is 10.5. The minimum Gasteiger partial charge on any atom is -0.493 e. The van der Waals surface area contributed by atoms with E-state index in [1.54, 1.807) is 45.5 Å². The molecule has 0 aliphatic carbocycles. The lowest BCUT2D eigenvalue weighted by atomic mass is 10.2. The van der Waals surface area contributed by atoms with Gasteiger partial charge in [-0.25, -0.2) is 4.98 Å². The number of carbonyl (C=O) groups excluding carboxylic acids is 2. The quantitative estimate of drug-likeness (QED) is 0.548. The number of nitrogens with one attached hydrogen (secondary N) is 1. The fourth-order valence-corrected chi connectivity index (χ4v) is 3.86. The molecule has 1 N–H and O–H groups in total. The summed E-state index contributed by atoms with van der Waals surface area (Å²) in [6, 6.07) is 12.4. The van der Waals surface area contributed by atoms with Crippen molar-refractivity contribution in [2.45, 2.75) is 6.42 Å². The highest BCUT2D eigenvalue weighted by Gasteiger charge is 2.16. The van der Waals surface area contributed by atoms with Crippen molar-refractivity contribution in [3.05, 3.63) is 58.6 Å². The Morgan fingerprint density at radius 1 is 1.13 bits per heavy atom. The van der Waals surface area contributed by atoms with Crippen molar-refractivity contribution in [1.29, 1.82) is 0 Å². The van der Waals surface area contributed by atoms with Crippen LogP contribution in [0.15, 0.2) is 47.8 Å². The number of hydrogen-bond acceptors (Lipinski definition) is 6. The Balaban J connectivity index is 1.59. The van der Waals surface area contributed by atoms with E-state index >= 15 is 0 Å². The van der Waals surface area contributed by atoms with E-state index in [1.807, 2.05) is 23.6 Å². The predicted molar refractivity (Wildman–Crippen MR) is 122 cm³/mol. The van der Waals surface area contributed by atoms with Gasteiger partial charge in [0.15, 0.2) is 11.5 Å². The van der Waals surface area contributed by atoms with E-state index in [-0.39, 0.29) is 24.8 Å². The molecule has 2 aromatic carbocycles. The largest absolute Gasteiger partial charge is 0.493 e. The highest BCUT2D eigenvalue weighted by Crippen LogP contribution is 2.33. The summed E-state index contributed by atoms with van der Waals surface area (Å²) in [7, 11) is 4.74. The van der Waals surface area contributed by atoms with Crippen molar-refractivity contribution in [2.75, 3.05) is 33.1 Å². The van der Waals surface area contributed by atoms with Crippen molar-refractivity contribution in [3.63, 3.8) is 0 Å². The molecule has 1 heterocycles. The maximum absolute atomic E-state index is 12.5. The minimum absolute atomic E-state index is 0.0714. The first kappa shape index (κ1) is 22.6. The number of likely N-dealkylation sites (N-methyl/N-ethyl adjacent to an activating group) is 1. The van der Waals surface area contributed by atoms with Crippen molar-refractivity contribution >= 4 is 40.4 Å². The van der Waals surface area contributed by atoms with Crippen LogP contribution in [-0.2, 0) is 16.0 Å². The van der Waals surface area contributed by atoms with Gasteiger partial charge in [-0.05, 0) is 36.4 Å². The van der Waals surface area contributed by atoms with Crippen LogP contribution in [0.4, 0.5) is 5.69 Å². The number of anilines is 1. The Hall–Kier alpha value is -3.10. The van der Waals surface area contributed by atoms with E-state index < -0.39 is 0 Å². The van der Waals surface area contributed by atoms with Gasteiger partial charge >= 0.3 is 0 Å². The fraction of sp³-hybridized carbons (Fsp3) is 0.227. The average molecular weight is 460 g/mol. The van der Waals surface area contributed by atoms with Crippen LogP contribution in [-0.4, -0.2) is 49.5 Å². The zero-order chi connectivity index (χ0) is 22.4. The van der Waals surface area contributed by atoms with Crippen molar-refractivity contribution < 1.29 is 19.1 Å². The van der Waals surface area contributed by atoms with Crippen LogP contribution in [0, 0.1) is 0 Å². The lowest BCUT2D eigenvalue weighted by molar-refractivity contribution is -0.132. The lowest BCUT2D eigenvalue weighted by Gasteiger charge is -2.16. The molecule has 0 saturated carbocycles. The Labute approximate surface area is 189 Å². The molecule has 0 spiro atoms. The molecule has 7 nitrogen and oxygen atoms in total. The van der Waals surface area contributed by atoms with E-state index in [9.17, 15) is 9.59 Å². The van der Waals surface area contributed by atoms with Crippen LogP contribution in [0.25, 0.3) is 10.6 Å². The van der Waals surface area contributed by atoms with Crippen LogP contribution in [0.1, 0.15) is 5.69 Å². The molecular formula is C22H22ClN3O4S. The smallest absolute Gasteiger partial charge is 0.243 e. The number of methoxy groups -OCH3 is 2. The standard InChI is InChI=1S/C22H22ClN3O4S/c1-26(12-20(27)24-16-6-4-5-15(23)10-16)21(28)11-17-13-31-22(25-17)14-7-8-18(29-2)19(9-14)30-3/h4-10,13H,11-12H2,1-3H3,(H,24,27). The molecule has 2 amide bonds. The molecule has 0 aliphatic heterocycles. The predicted octanol–water partition coefficient (Wildman–Crippen LogP) is 4.12. The molecule has 0 saturated heterocycles. The van der Waals surface area contributed by atoms with Gasteiger partial charge in [0.25, 0.3) is 0 Å². The highest BCUT2D eigenvalue weighted by molar-refractivity contribution is 7.13. The SMILES string of the molecule is COc1ccc(-c2nc(CC(=O)N(C)CC(=O)Nc3cccc(Cl)c3)cs2)cc1OC. The number of amides is 2. The molecule has 9 heteroatoms. The molecule has 0 fully saturated rings. The average Bonchev–Trinajstić information content (AvgIpc) is 3.21. The number of aromatic nitrogens is 1. The molecule has 1 aromatic heterocycles. The molecule has 3 rings (SSSR count). The zero-order valence-corrected chi connectivity index (χ0v) is 18.9. The second-order valence-corrected chi connectivity index (χ2v) is 7.99. The number of rotatable bonds is 8. The summed E-state index contributed by atoms with van der Waals surface area (Å²) >= 11 is 7.35. The van der Waals surface area contributed by atoms with Gasteiger partial charge in [0.05, 0.1) is 32.9 Å². The van der Waals surface area contributed by atoms with Crippen LogP contribution >= 0.6 is 22.9 Å². The van der Waals surface area contributed by atoms with Gasteiger partial charge in [0, 0.05) is 28.7 Å². The number of hydrogen-bond donors (Lipinski definition) is 1. The molecule has 3 aromatic rings. The van der Waals surface area contributed by atoms with Crippen LogP contribution < -0.4 is 14.8 Å². The van der Waals surface area contributed by atoms with E-state index in [2.05, 4.69) is 10.3 Å². The number of thiazole rings is 1. The minimum atomic E-state index is -0.303. The third kappa shape index (κ3) is 5.96. The Morgan fingerprint density at radius 2 is 1.90 bits per heavy atom. The van der Waals surface area contributed by atoms with Gasteiger partial charge < -0.3 is 19.7 Å². The number of benzene rings is 2. The maximum atomic E-state index is 12.5. The Kier molecular flexibility index (Phi) is 7.49. The molecule has 0 bridgehead atoms. The Morgan fingerprint density at radius 3 is 2.61 bits per heavy atom. The van der Waals surface area contributed by atoms with Crippen molar-refractivity contribution in [2.24, 2.45) is 0 Å². The number of carbonyl (C=O) groups is 2. The summed E-state index contributed by atoms with van der Waals surface area (Å²) in [6.45, 7) is -0.0714. The zero-order valence-electron chi connectivity index (χ0n) is 17.3. The molecule has 0 unspecified atom stereocenters. The molecule has 162 valence electrons. The second kappa shape index (κ2) is 10.3. The molecular weight excluding hydrogens is 438 g/mol. The number of nitrogens with zero attached hydrogens (tertiary/aromatic N) is 2. The summed E-state index contributed by atoms with van der Waals surface area (Å²) in [5.41, 5.74) is 2.09. The van der Waals surface area contributed by atoms with E-state index in [1.165, 1.54) is 16.2 Å². The third-order valence-electron chi connectivity index (χ3n) is 4.43. The van der Waals surface area contributed by atoms with Gasteiger partial charge in [0.1, 0.15) is 5.01 Å². The maximum Gasteiger partial charge on any atom is 0.243 e. The molecule has 0 aliphatic rings. The van der Waals surface area contributed by atoms with Gasteiger partial charge in [-0.2, -0.15) is 0 Å². The van der Waals surface area contributed by atoms with Crippen LogP contribution in [0.5, 0.6) is 11.5 Å². The number of ether oxygens (including phenoxy) is 2. The fourth-order valence-electron chi connectivity index (χ4n) is 2.85. The van der Waals surface area contributed by atoms with E-state index in [0.29, 0.717) is 27.9 Å². The first-order chi connectivity index (χ1) is 14.9. The third-order valence-corrected chi connectivity index (χ3v) is 5.60. The molecule has 0 atom stereocenters. The first-order valence-electron chi connectivity index (χ1n) is 9.35. The Bertz CT molecular complexity index is 1090. The number of halogens is 1. The van der Waals surface area contributed by atoms with Crippen LogP contribution in [0.3, 0.4) is 0 Å². The van der Waals surface area contributed by atoms with Crippen molar-refractivity contribution in [3.8, 4) is 22.1 Å². The van der Waals surface area contributed by atoms with Gasteiger partial charge in [-0.3, -0.25) is 9.59 Å². The van der Waals surface area contributed by atoms with Crippen molar-refractivity contribution in [1.82, 2.24) is 9.88 Å². The summed E-state index contributed by atoms with van der Waals surface area (Å²) < 4.78 is 10.6. The molecule has 0 radical (unpaired) electrons. The monoisotopic (exact) mass is 459 g/mol. The van der Waals surface area contributed by atoms with E-state index in [4.69, 9.17) is 21.1 Å². The van der Waals surface area contributed by atoms with E-state index in [0.717, 1.165) is 10.6 Å². The van der Waals surface area contributed by atoms with Gasteiger partial charge in [-0.1, -0.05) is 17.7 Å². The lowest BCUT2D eigenvalue weighted by Crippen LogP contribution is -2.35. The van der Waals surface area contributed by atoms with Crippen LogP contribution in [0.2, 0.25) is 5.02 Å².